The van der Waals surface area contributed by atoms with E-state index in [-0.39, 0.29) is 24.8 Å². The summed E-state index contributed by atoms with van der Waals surface area (Å²) in [6, 6.07) is 15.3. The van der Waals surface area contributed by atoms with Gasteiger partial charge in [0.1, 0.15) is 0 Å². The number of carbonyl (C=O) groups is 2. The van der Waals surface area contributed by atoms with Crippen molar-refractivity contribution in [2.75, 3.05) is 18.5 Å². The molecular weight excluding hydrogens is 419 g/mol. The molecular formula is C18H19IN2O3. The molecule has 0 spiro atoms. The minimum atomic E-state index is -0.317. The topological polar surface area (TPSA) is 67.4 Å². The molecule has 2 rings (SSSR count). The van der Waals surface area contributed by atoms with E-state index in [1.807, 2.05) is 48.5 Å². The maximum absolute atomic E-state index is 12.4. The fourth-order valence-electron chi connectivity index (χ4n) is 2.10. The van der Waals surface area contributed by atoms with Gasteiger partial charge < -0.3 is 15.4 Å². The highest BCUT2D eigenvalue weighted by atomic mass is 127. The minimum Gasteiger partial charge on any atom is -0.466 e. The molecule has 126 valence electrons. The Balaban J connectivity index is 2.06. The number of benzene rings is 2. The molecule has 2 aromatic rings. The largest absolute Gasteiger partial charge is 0.466 e. The van der Waals surface area contributed by atoms with Gasteiger partial charge in [-0.2, -0.15) is 0 Å². The molecule has 0 fully saturated rings. The fraction of sp³-hybridized carbons (Fsp3) is 0.222. The molecule has 0 aromatic heterocycles. The van der Waals surface area contributed by atoms with Gasteiger partial charge in [-0.15, -0.1) is 0 Å². The summed E-state index contributed by atoms with van der Waals surface area (Å²) in [7, 11) is 0. The summed E-state index contributed by atoms with van der Waals surface area (Å²) in [5.74, 6) is -0.542. The van der Waals surface area contributed by atoms with E-state index < -0.39 is 0 Å². The van der Waals surface area contributed by atoms with E-state index in [0.29, 0.717) is 12.2 Å². The van der Waals surface area contributed by atoms with Crippen molar-refractivity contribution in [2.45, 2.75) is 13.3 Å². The van der Waals surface area contributed by atoms with Gasteiger partial charge in [-0.3, -0.25) is 9.59 Å². The molecule has 0 unspecified atom stereocenters. The predicted octanol–water partition coefficient (Wildman–Crippen LogP) is 3.72. The second kappa shape index (κ2) is 9.27. The van der Waals surface area contributed by atoms with Crippen LogP contribution in [-0.4, -0.2) is 25.0 Å². The van der Waals surface area contributed by atoms with Gasteiger partial charge in [-0.25, -0.2) is 0 Å². The summed E-state index contributed by atoms with van der Waals surface area (Å²) in [4.78, 5) is 23.8. The summed E-state index contributed by atoms with van der Waals surface area (Å²) >= 11 is 2.16. The summed E-state index contributed by atoms with van der Waals surface area (Å²) in [5, 5.41) is 6.00. The highest BCUT2D eigenvalue weighted by molar-refractivity contribution is 14.1. The van der Waals surface area contributed by atoms with E-state index >= 15 is 0 Å². The lowest BCUT2D eigenvalue weighted by molar-refractivity contribution is -0.142. The van der Waals surface area contributed by atoms with Crippen molar-refractivity contribution in [1.29, 1.82) is 0 Å². The van der Waals surface area contributed by atoms with E-state index in [1.165, 1.54) is 0 Å². The number of anilines is 2. The van der Waals surface area contributed by atoms with E-state index in [4.69, 9.17) is 4.74 Å². The van der Waals surface area contributed by atoms with E-state index in [1.54, 1.807) is 6.92 Å². The van der Waals surface area contributed by atoms with Crippen LogP contribution < -0.4 is 10.6 Å². The standard InChI is InChI=1S/C18H19IN2O3/c1-2-24-17(22)10-11-20-18(23)15-12-13(19)8-9-16(15)21-14-6-4-3-5-7-14/h3-9,12,21H,2,10-11H2,1H3,(H,20,23). The molecule has 0 saturated carbocycles. The van der Waals surface area contributed by atoms with Crippen molar-refractivity contribution in [1.82, 2.24) is 5.32 Å². The Labute approximate surface area is 154 Å². The number of ether oxygens (including phenoxy) is 1. The van der Waals surface area contributed by atoms with Crippen LogP contribution in [0.4, 0.5) is 11.4 Å². The number of esters is 1. The second-order valence-electron chi connectivity index (χ2n) is 4.99. The number of carbonyl (C=O) groups excluding carboxylic acids is 2. The lowest BCUT2D eigenvalue weighted by atomic mass is 10.1. The molecule has 0 bridgehead atoms. The molecule has 0 saturated heterocycles. The average Bonchev–Trinajstić information content (AvgIpc) is 2.57. The SMILES string of the molecule is CCOC(=O)CCNC(=O)c1cc(I)ccc1Nc1ccccc1. The number of hydrogen-bond donors (Lipinski definition) is 2. The summed E-state index contributed by atoms with van der Waals surface area (Å²) in [6.07, 6.45) is 0.158. The number of amides is 1. The smallest absolute Gasteiger partial charge is 0.307 e. The van der Waals surface area contributed by atoms with Crippen LogP contribution in [0.2, 0.25) is 0 Å². The third kappa shape index (κ3) is 5.52. The normalized spacial score (nSPS) is 10.1. The molecule has 0 aliphatic carbocycles. The molecule has 1 amide bonds. The molecule has 5 nitrogen and oxygen atoms in total. The fourth-order valence-corrected chi connectivity index (χ4v) is 2.59. The predicted molar refractivity (Wildman–Crippen MR) is 102 cm³/mol. The van der Waals surface area contributed by atoms with Gasteiger partial charge in [0.15, 0.2) is 0 Å². The first-order chi connectivity index (χ1) is 11.6. The molecule has 2 aromatic carbocycles. The zero-order chi connectivity index (χ0) is 17.4. The van der Waals surface area contributed by atoms with E-state index in [2.05, 4.69) is 33.2 Å². The lowest BCUT2D eigenvalue weighted by Gasteiger charge is -2.13. The molecule has 6 heteroatoms. The van der Waals surface area contributed by atoms with Crippen molar-refractivity contribution in [3.8, 4) is 0 Å². The Morgan fingerprint density at radius 3 is 2.58 bits per heavy atom. The van der Waals surface area contributed by atoms with Gasteiger partial charge in [0, 0.05) is 15.8 Å². The molecule has 2 N–H and O–H groups in total. The van der Waals surface area contributed by atoms with Crippen LogP contribution in [0, 0.1) is 3.57 Å². The molecule has 0 heterocycles. The van der Waals surface area contributed by atoms with Crippen LogP contribution in [0.25, 0.3) is 0 Å². The van der Waals surface area contributed by atoms with Crippen molar-refractivity contribution in [2.24, 2.45) is 0 Å². The Morgan fingerprint density at radius 2 is 1.88 bits per heavy atom. The molecule has 24 heavy (non-hydrogen) atoms. The molecule has 0 atom stereocenters. The zero-order valence-corrected chi connectivity index (χ0v) is 15.5. The van der Waals surface area contributed by atoms with Gasteiger partial charge >= 0.3 is 5.97 Å². The highest BCUT2D eigenvalue weighted by Gasteiger charge is 2.13. The van der Waals surface area contributed by atoms with Gasteiger partial charge in [0.2, 0.25) is 0 Å². The maximum Gasteiger partial charge on any atom is 0.307 e. The van der Waals surface area contributed by atoms with Gasteiger partial charge in [0.25, 0.3) is 5.91 Å². The maximum atomic E-state index is 12.4. The highest BCUT2D eigenvalue weighted by Crippen LogP contribution is 2.23. The van der Waals surface area contributed by atoms with Crippen LogP contribution in [-0.2, 0) is 9.53 Å². The van der Waals surface area contributed by atoms with E-state index in [0.717, 1.165) is 14.9 Å². The van der Waals surface area contributed by atoms with Crippen LogP contribution >= 0.6 is 22.6 Å². The number of halogens is 1. The van der Waals surface area contributed by atoms with Crippen LogP contribution in [0.15, 0.2) is 48.5 Å². The van der Waals surface area contributed by atoms with Gasteiger partial charge in [-0.1, -0.05) is 18.2 Å². The first-order valence-corrected chi connectivity index (χ1v) is 8.73. The Hall–Kier alpha value is -2.09. The van der Waals surface area contributed by atoms with Crippen molar-refractivity contribution in [3.05, 3.63) is 57.7 Å². The summed E-state index contributed by atoms with van der Waals surface area (Å²) in [5.41, 5.74) is 2.16. The third-order valence-electron chi connectivity index (χ3n) is 3.20. The molecule has 0 radical (unpaired) electrons. The number of nitrogens with one attached hydrogen (secondary N) is 2. The number of rotatable bonds is 7. The molecule has 0 aliphatic rings. The number of para-hydroxylation sites is 1. The van der Waals surface area contributed by atoms with Crippen molar-refractivity contribution < 1.29 is 14.3 Å². The second-order valence-corrected chi connectivity index (χ2v) is 6.24. The van der Waals surface area contributed by atoms with Crippen LogP contribution in [0.1, 0.15) is 23.7 Å². The lowest BCUT2D eigenvalue weighted by Crippen LogP contribution is -2.27. The van der Waals surface area contributed by atoms with Crippen LogP contribution in [0.3, 0.4) is 0 Å². The van der Waals surface area contributed by atoms with E-state index in [9.17, 15) is 9.59 Å². The summed E-state index contributed by atoms with van der Waals surface area (Å²) in [6.45, 7) is 2.34. The molecule has 0 aliphatic heterocycles. The van der Waals surface area contributed by atoms with Crippen LogP contribution in [0.5, 0.6) is 0 Å². The Kier molecular flexibility index (Phi) is 7.05. The monoisotopic (exact) mass is 438 g/mol. The quantitative estimate of drug-likeness (QED) is 0.511. The van der Waals surface area contributed by atoms with Gasteiger partial charge in [-0.05, 0) is 59.8 Å². The number of hydrogen-bond acceptors (Lipinski definition) is 4. The summed E-state index contributed by atoms with van der Waals surface area (Å²) < 4.78 is 5.81. The first-order valence-electron chi connectivity index (χ1n) is 7.65. The Morgan fingerprint density at radius 1 is 1.12 bits per heavy atom. The third-order valence-corrected chi connectivity index (χ3v) is 3.87. The zero-order valence-electron chi connectivity index (χ0n) is 13.3. The van der Waals surface area contributed by atoms with Gasteiger partial charge in [0.05, 0.1) is 24.3 Å². The van der Waals surface area contributed by atoms with Crippen molar-refractivity contribution in [3.63, 3.8) is 0 Å². The average molecular weight is 438 g/mol. The minimum absolute atomic E-state index is 0.158. The van der Waals surface area contributed by atoms with Crippen molar-refractivity contribution >= 4 is 45.8 Å². The Bertz CT molecular complexity index is 705. The first kappa shape index (κ1) is 18.3.